The zero-order chi connectivity index (χ0) is 10.4. The molecule has 0 spiro atoms. The molecule has 5 heteroatoms. The molecule has 0 fully saturated rings. The summed E-state index contributed by atoms with van der Waals surface area (Å²) in [4.78, 5) is 0. The Morgan fingerprint density at radius 2 is 1.71 bits per heavy atom. The summed E-state index contributed by atoms with van der Waals surface area (Å²) in [5.74, 6) is 0. The van der Waals surface area contributed by atoms with Gasteiger partial charge in [-0.3, -0.25) is 0 Å². The Kier molecular flexibility index (Phi) is 4.72. The van der Waals surface area contributed by atoms with Crippen LogP contribution >= 0.6 is 6.72 Å². The van der Waals surface area contributed by atoms with Crippen LogP contribution in [0, 0.1) is 0 Å². The minimum Gasteiger partial charge on any atom is -0.312 e. The molecule has 1 aromatic rings. The molecule has 0 unspecified atom stereocenters. The van der Waals surface area contributed by atoms with E-state index in [-0.39, 0.29) is 0 Å². The molecule has 14 heavy (non-hydrogen) atoms. The van der Waals surface area contributed by atoms with Crippen LogP contribution in [-0.2, 0) is 32.0 Å². The lowest BCUT2D eigenvalue weighted by atomic mass is 10.2. The molecule has 0 aliphatic carbocycles. The van der Waals surface area contributed by atoms with Gasteiger partial charge in [-0.15, -0.1) is 0 Å². The first-order valence-corrected chi connectivity index (χ1v) is 6.66. The molecule has 0 radical (unpaired) electrons. The van der Waals surface area contributed by atoms with Gasteiger partial charge in [-0.05, 0) is 17.4 Å². The van der Waals surface area contributed by atoms with E-state index in [1.54, 1.807) is 0 Å². The zero-order valence-electron chi connectivity index (χ0n) is 8.17. The van der Waals surface area contributed by atoms with E-state index in [2.05, 4.69) is 0 Å². The lowest BCUT2D eigenvalue weighted by Gasteiger charge is -2.17. The number of benzene rings is 1. The third-order valence-electron chi connectivity index (χ3n) is 1.68. The molecule has 78 valence electrons. The van der Waals surface area contributed by atoms with Crippen molar-refractivity contribution in [3.63, 3.8) is 0 Å². The number of hydrogen-bond acceptors (Lipinski definition) is 4. The highest BCUT2D eigenvalue weighted by Gasteiger charge is 2.15. The molecule has 3 nitrogen and oxygen atoms in total. The van der Waals surface area contributed by atoms with Crippen LogP contribution in [0.5, 0.6) is 0 Å². The average molecular weight is 232 g/mol. The van der Waals surface area contributed by atoms with Gasteiger partial charge in [0.25, 0.3) is 0 Å². The fourth-order valence-electron chi connectivity index (χ4n) is 0.908. The van der Waals surface area contributed by atoms with Gasteiger partial charge in [0.2, 0.25) is 0 Å². The SMILES string of the molecule is COP(=S)(OC)OCc1ccccc1. The zero-order valence-corrected chi connectivity index (χ0v) is 9.88. The minimum atomic E-state index is -2.51. The average Bonchev–Trinajstić information content (AvgIpc) is 2.27. The van der Waals surface area contributed by atoms with Crippen molar-refractivity contribution in [3.8, 4) is 0 Å². The van der Waals surface area contributed by atoms with E-state index in [1.807, 2.05) is 30.3 Å². The Hall–Kier alpha value is -0.250. The van der Waals surface area contributed by atoms with Crippen molar-refractivity contribution in [1.82, 2.24) is 0 Å². The van der Waals surface area contributed by atoms with Crippen LogP contribution in [-0.4, -0.2) is 14.2 Å². The molecule has 0 aliphatic rings. The van der Waals surface area contributed by atoms with Crippen molar-refractivity contribution in [2.45, 2.75) is 6.61 Å². The van der Waals surface area contributed by atoms with Gasteiger partial charge in [0, 0.05) is 14.2 Å². The van der Waals surface area contributed by atoms with Gasteiger partial charge in [0.15, 0.2) is 0 Å². The standard InChI is InChI=1S/C9H13O3PS/c1-10-13(14,11-2)12-8-9-6-4-3-5-7-9/h3-7H,8H2,1-2H3. The highest BCUT2D eigenvalue weighted by Crippen LogP contribution is 2.48. The maximum atomic E-state index is 5.40. The summed E-state index contributed by atoms with van der Waals surface area (Å²) >= 11 is 5.05. The summed E-state index contributed by atoms with van der Waals surface area (Å²) in [6, 6.07) is 9.77. The van der Waals surface area contributed by atoms with Crippen LogP contribution in [0.25, 0.3) is 0 Å². The Labute approximate surface area is 89.2 Å². The Morgan fingerprint density at radius 1 is 1.14 bits per heavy atom. The molecule has 0 saturated heterocycles. The van der Waals surface area contributed by atoms with E-state index < -0.39 is 6.72 Å². The van der Waals surface area contributed by atoms with E-state index in [1.165, 1.54) is 14.2 Å². The molecule has 0 amide bonds. The van der Waals surface area contributed by atoms with Crippen LogP contribution in [0.15, 0.2) is 30.3 Å². The molecule has 0 aliphatic heterocycles. The van der Waals surface area contributed by atoms with Crippen LogP contribution in [0.1, 0.15) is 5.56 Å². The normalized spacial score (nSPS) is 11.6. The lowest BCUT2D eigenvalue weighted by molar-refractivity contribution is 0.195. The maximum Gasteiger partial charge on any atom is 0.326 e. The van der Waals surface area contributed by atoms with E-state index in [0.717, 1.165) is 5.56 Å². The Balaban J connectivity index is 2.52. The summed E-state index contributed by atoms with van der Waals surface area (Å²) in [5.41, 5.74) is 1.05. The monoisotopic (exact) mass is 232 g/mol. The molecule has 0 aromatic heterocycles. The van der Waals surface area contributed by atoms with Gasteiger partial charge in [-0.25, -0.2) is 0 Å². The van der Waals surface area contributed by atoms with Gasteiger partial charge in [0.05, 0.1) is 6.61 Å². The van der Waals surface area contributed by atoms with Crippen LogP contribution < -0.4 is 0 Å². The van der Waals surface area contributed by atoms with Crippen LogP contribution in [0.4, 0.5) is 0 Å². The summed E-state index contributed by atoms with van der Waals surface area (Å²) in [6.07, 6.45) is 0. The first kappa shape index (κ1) is 11.8. The first-order chi connectivity index (χ1) is 6.70. The second-order valence-corrected chi connectivity index (χ2v) is 5.80. The Bertz CT molecular complexity index is 307. The molecule has 1 rings (SSSR count). The topological polar surface area (TPSA) is 27.7 Å². The first-order valence-electron chi connectivity index (χ1n) is 4.10. The van der Waals surface area contributed by atoms with Crippen molar-refractivity contribution < 1.29 is 13.6 Å². The smallest absolute Gasteiger partial charge is 0.312 e. The third-order valence-corrected chi connectivity index (χ3v) is 4.23. The van der Waals surface area contributed by atoms with Crippen LogP contribution in [0.2, 0.25) is 0 Å². The highest BCUT2D eigenvalue weighted by atomic mass is 32.5. The quantitative estimate of drug-likeness (QED) is 0.729. The van der Waals surface area contributed by atoms with E-state index in [4.69, 9.17) is 25.4 Å². The fraction of sp³-hybridized carbons (Fsp3) is 0.333. The molecule has 1 aromatic carbocycles. The molecule has 0 atom stereocenters. The summed E-state index contributed by atoms with van der Waals surface area (Å²) in [7, 11) is 2.99. The number of hydrogen-bond donors (Lipinski definition) is 0. The van der Waals surface area contributed by atoms with Crippen molar-refractivity contribution in [2.24, 2.45) is 0 Å². The minimum absolute atomic E-state index is 0.416. The Morgan fingerprint density at radius 3 is 2.21 bits per heavy atom. The highest BCUT2D eigenvalue weighted by molar-refractivity contribution is 8.07. The summed E-state index contributed by atoms with van der Waals surface area (Å²) in [6.45, 7) is -2.10. The molecule has 0 saturated carbocycles. The predicted octanol–water partition coefficient (Wildman–Crippen LogP) is 2.72. The van der Waals surface area contributed by atoms with Crippen molar-refractivity contribution in [2.75, 3.05) is 14.2 Å². The van der Waals surface area contributed by atoms with Crippen molar-refractivity contribution in [1.29, 1.82) is 0 Å². The maximum absolute atomic E-state index is 5.40. The van der Waals surface area contributed by atoms with Crippen molar-refractivity contribution in [3.05, 3.63) is 35.9 Å². The molecular formula is C9H13O3PS. The molecule has 0 bridgehead atoms. The molecular weight excluding hydrogens is 219 g/mol. The van der Waals surface area contributed by atoms with Crippen LogP contribution in [0.3, 0.4) is 0 Å². The van der Waals surface area contributed by atoms with E-state index >= 15 is 0 Å². The van der Waals surface area contributed by atoms with Gasteiger partial charge >= 0.3 is 6.72 Å². The van der Waals surface area contributed by atoms with Gasteiger partial charge in [-0.1, -0.05) is 30.3 Å². The van der Waals surface area contributed by atoms with Gasteiger partial charge < -0.3 is 13.6 Å². The van der Waals surface area contributed by atoms with Crippen molar-refractivity contribution >= 4 is 18.5 Å². The van der Waals surface area contributed by atoms with E-state index in [0.29, 0.717) is 6.61 Å². The molecule has 0 heterocycles. The molecule has 0 N–H and O–H groups in total. The van der Waals surface area contributed by atoms with Gasteiger partial charge in [0.1, 0.15) is 0 Å². The second-order valence-electron chi connectivity index (χ2n) is 2.57. The largest absolute Gasteiger partial charge is 0.326 e. The summed E-state index contributed by atoms with van der Waals surface area (Å²) < 4.78 is 15.4. The predicted molar refractivity (Wildman–Crippen MR) is 59.5 cm³/mol. The number of rotatable bonds is 5. The fourth-order valence-corrected chi connectivity index (χ4v) is 1.73. The lowest BCUT2D eigenvalue weighted by Crippen LogP contribution is -1.95. The second kappa shape index (κ2) is 5.59. The van der Waals surface area contributed by atoms with E-state index in [9.17, 15) is 0 Å². The summed E-state index contributed by atoms with van der Waals surface area (Å²) in [5, 5.41) is 0. The van der Waals surface area contributed by atoms with Gasteiger partial charge in [-0.2, -0.15) is 0 Å². The third kappa shape index (κ3) is 3.48.